The number of amides is 2. The Hall–Kier alpha value is -1.15. The van der Waals surface area contributed by atoms with E-state index in [1.807, 2.05) is 31.0 Å². The molecule has 2 aromatic rings. The number of piperidine rings is 2. The van der Waals surface area contributed by atoms with Crippen LogP contribution in [0.2, 0.25) is 5.02 Å². The molecule has 1 aromatic heterocycles. The topological polar surface area (TPSA) is 53.5 Å². The van der Waals surface area contributed by atoms with Crippen molar-refractivity contribution in [1.82, 2.24) is 14.8 Å². The average molecular weight is 702 g/mol. The highest BCUT2D eigenvalue weighted by molar-refractivity contribution is 9.10. The van der Waals surface area contributed by atoms with Gasteiger partial charge < -0.3 is 9.80 Å². The Morgan fingerprint density at radius 1 is 0.923 bits per heavy atom. The molecule has 0 saturated carbocycles. The number of hydrogen-bond donors (Lipinski definition) is 0. The van der Waals surface area contributed by atoms with Gasteiger partial charge in [-0.3, -0.25) is 14.6 Å². The van der Waals surface area contributed by atoms with Crippen molar-refractivity contribution in [1.29, 1.82) is 0 Å². The molecule has 1 aliphatic carbocycles. The van der Waals surface area contributed by atoms with E-state index in [1.165, 1.54) is 16.7 Å². The first-order valence-electron chi connectivity index (χ1n) is 14.1. The first kappa shape index (κ1) is 30.8. The summed E-state index contributed by atoms with van der Waals surface area (Å²) in [5, 5.41) is 0.753. The third-order valence-electron chi connectivity index (χ3n) is 8.33. The van der Waals surface area contributed by atoms with Gasteiger partial charge in [0.15, 0.2) is 0 Å². The van der Waals surface area contributed by atoms with Crippen LogP contribution >= 0.6 is 55.1 Å². The molecule has 2 saturated heterocycles. The van der Waals surface area contributed by atoms with E-state index in [-0.39, 0.29) is 23.6 Å². The summed E-state index contributed by atoms with van der Waals surface area (Å²) in [5.41, 5.74) is 5.04. The molecule has 0 N–H and O–H groups in total. The summed E-state index contributed by atoms with van der Waals surface area (Å²) in [6, 6.07) is 6.32. The minimum Gasteiger partial charge on any atom is -0.343 e. The van der Waals surface area contributed by atoms with Gasteiger partial charge in [-0.1, -0.05) is 41.4 Å². The lowest BCUT2D eigenvalue weighted by Crippen LogP contribution is -2.43. The summed E-state index contributed by atoms with van der Waals surface area (Å²) >= 11 is 19.6. The zero-order valence-electron chi connectivity index (χ0n) is 22.7. The second-order valence-corrected chi connectivity index (χ2v) is 13.0. The van der Waals surface area contributed by atoms with Crippen LogP contribution in [0.4, 0.5) is 0 Å². The highest BCUT2D eigenvalue weighted by atomic mass is 79.9. The lowest BCUT2D eigenvalue weighted by Gasteiger charge is -2.38. The van der Waals surface area contributed by atoms with E-state index in [9.17, 15) is 9.59 Å². The largest absolute Gasteiger partial charge is 0.343 e. The molecule has 0 spiro atoms. The van der Waals surface area contributed by atoms with E-state index in [0.717, 1.165) is 71.3 Å². The van der Waals surface area contributed by atoms with Gasteiger partial charge in [-0.15, -0.1) is 11.6 Å². The molecule has 1 atom stereocenters. The van der Waals surface area contributed by atoms with E-state index in [2.05, 4.69) is 48.9 Å². The van der Waals surface area contributed by atoms with Gasteiger partial charge in [0, 0.05) is 58.7 Å². The summed E-state index contributed by atoms with van der Waals surface area (Å²) in [4.78, 5) is 33.8. The SMILES string of the molecule is CC.O=C(CCl)N1CCC(CC(=O)N2CCC(C3c4ncc(Br)cc4CCc4cc(Cl)cc(Br)c43)CC2)CC1. The number of aromatic nitrogens is 1. The number of alkyl halides is 1. The Balaban J connectivity index is 0.00000172. The molecule has 0 bridgehead atoms. The number of nitrogens with zero attached hydrogens (tertiary/aromatic N) is 3. The minimum atomic E-state index is -0.00840. The third-order valence-corrected chi connectivity index (χ3v) is 9.86. The quantitative estimate of drug-likeness (QED) is 0.308. The van der Waals surface area contributed by atoms with Crippen LogP contribution in [0.25, 0.3) is 0 Å². The van der Waals surface area contributed by atoms with Crippen molar-refractivity contribution in [2.24, 2.45) is 11.8 Å². The third kappa shape index (κ3) is 7.20. The summed E-state index contributed by atoms with van der Waals surface area (Å²) in [7, 11) is 0. The predicted octanol–water partition coefficient (Wildman–Crippen LogP) is 7.62. The Labute approximate surface area is 259 Å². The number of pyridine rings is 1. The Morgan fingerprint density at radius 3 is 2.21 bits per heavy atom. The molecule has 0 radical (unpaired) electrons. The number of rotatable bonds is 4. The predicted molar refractivity (Wildman–Crippen MR) is 166 cm³/mol. The molecule has 212 valence electrons. The van der Waals surface area contributed by atoms with Gasteiger partial charge in [-0.05, 0) is 101 Å². The van der Waals surface area contributed by atoms with E-state index >= 15 is 0 Å². The number of likely N-dealkylation sites (tertiary alicyclic amines) is 2. The number of hydrogen-bond acceptors (Lipinski definition) is 3. The van der Waals surface area contributed by atoms with Crippen molar-refractivity contribution in [3.63, 3.8) is 0 Å². The number of fused-ring (bicyclic) bond motifs is 2. The summed E-state index contributed by atoms with van der Waals surface area (Å²) < 4.78 is 2.06. The van der Waals surface area contributed by atoms with E-state index in [1.54, 1.807) is 0 Å². The number of aryl methyl sites for hydroxylation is 2. The molecule has 5 nitrogen and oxygen atoms in total. The molecule has 3 heterocycles. The molecule has 2 aliphatic heterocycles. The Morgan fingerprint density at radius 2 is 1.54 bits per heavy atom. The van der Waals surface area contributed by atoms with Gasteiger partial charge in [-0.25, -0.2) is 0 Å². The van der Waals surface area contributed by atoms with E-state index < -0.39 is 0 Å². The molecule has 5 rings (SSSR count). The standard InChI is InChI=1S/C28H31Br2Cl2N3O2.C2H6/c29-21-12-20-2-1-19-13-22(32)14-23(30)26(19)27(28(20)33-16-21)18-5-9-34(10-6-18)24(36)11-17-3-7-35(8-4-17)25(37)15-31;1-2/h12-14,16-18,27H,1-11,15H2;1-2H3. The molecule has 2 fully saturated rings. The number of halogens is 4. The van der Waals surface area contributed by atoms with Gasteiger partial charge in [0.2, 0.25) is 11.8 Å². The van der Waals surface area contributed by atoms with Crippen LogP contribution in [0.5, 0.6) is 0 Å². The van der Waals surface area contributed by atoms with Crippen LogP contribution in [-0.2, 0) is 22.4 Å². The molecule has 1 aromatic carbocycles. The van der Waals surface area contributed by atoms with Crippen LogP contribution in [-0.4, -0.2) is 58.7 Å². The molecule has 9 heteroatoms. The van der Waals surface area contributed by atoms with Crippen molar-refractivity contribution >= 4 is 66.9 Å². The van der Waals surface area contributed by atoms with Crippen LogP contribution in [0, 0.1) is 11.8 Å². The van der Waals surface area contributed by atoms with Crippen LogP contribution in [0.3, 0.4) is 0 Å². The van der Waals surface area contributed by atoms with Crippen molar-refractivity contribution in [3.05, 3.63) is 60.7 Å². The van der Waals surface area contributed by atoms with Crippen LogP contribution < -0.4 is 0 Å². The summed E-state index contributed by atoms with van der Waals surface area (Å²) in [5.74, 6) is 1.19. The molecule has 39 heavy (non-hydrogen) atoms. The second kappa shape index (κ2) is 14.2. The average Bonchev–Trinajstić information content (AvgIpc) is 3.11. The summed E-state index contributed by atoms with van der Waals surface area (Å²) in [6.07, 6.45) is 7.99. The smallest absolute Gasteiger partial charge is 0.237 e. The second-order valence-electron chi connectivity index (χ2n) is 10.5. The zero-order valence-corrected chi connectivity index (χ0v) is 27.4. The van der Waals surface area contributed by atoms with Crippen LogP contribution in [0.1, 0.15) is 74.3 Å². The summed E-state index contributed by atoms with van der Waals surface area (Å²) in [6.45, 7) is 6.95. The van der Waals surface area contributed by atoms with Crippen molar-refractivity contribution in [2.75, 3.05) is 32.1 Å². The molecular weight excluding hydrogens is 665 g/mol. The molecule has 1 unspecified atom stereocenters. The Bertz CT molecular complexity index is 1180. The maximum absolute atomic E-state index is 13.2. The molecular formula is C30H37Br2Cl2N3O2. The first-order valence-corrected chi connectivity index (χ1v) is 16.6. The van der Waals surface area contributed by atoms with Crippen molar-refractivity contribution in [2.45, 2.75) is 64.7 Å². The first-order chi connectivity index (χ1) is 18.8. The maximum atomic E-state index is 13.2. The molecule has 3 aliphatic rings. The normalized spacial score (nSPS) is 19.9. The Kier molecular flexibility index (Phi) is 11.2. The number of benzene rings is 1. The highest BCUT2D eigenvalue weighted by Crippen LogP contribution is 2.46. The maximum Gasteiger partial charge on any atom is 0.237 e. The monoisotopic (exact) mass is 699 g/mol. The van der Waals surface area contributed by atoms with Gasteiger partial charge in [0.05, 0.1) is 5.69 Å². The fraction of sp³-hybridized carbons (Fsp3) is 0.567. The van der Waals surface area contributed by atoms with Crippen LogP contribution in [0.15, 0.2) is 33.3 Å². The molecule has 2 amide bonds. The highest BCUT2D eigenvalue weighted by Gasteiger charge is 2.36. The minimum absolute atomic E-state index is 0.00840. The van der Waals surface area contributed by atoms with Crippen molar-refractivity contribution in [3.8, 4) is 0 Å². The number of carbonyl (C=O) groups excluding carboxylic acids is 2. The van der Waals surface area contributed by atoms with Crippen molar-refractivity contribution < 1.29 is 9.59 Å². The van der Waals surface area contributed by atoms with Gasteiger partial charge >= 0.3 is 0 Å². The zero-order chi connectivity index (χ0) is 28.1. The van der Waals surface area contributed by atoms with E-state index in [0.29, 0.717) is 31.3 Å². The number of carbonyl (C=O) groups is 2. The fourth-order valence-corrected chi connectivity index (χ4v) is 8.03. The van der Waals surface area contributed by atoms with Gasteiger partial charge in [0.25, 0.3) is 0 Å². The van der Waals surface area contributed by atoms with Gasteiger partial charge in [-0.2, -0.15) is 0 Å². The van der Waals surface area contributed by atoms with Gasteiger partial charge in [0.1, 0.15) is 5.88 Å². The lowest BCUT2D eigenvalue weighted by molar-refractivity contribution is -0.134. The van der Waals surface area contributed by atoms with E-state index in [4.69, 9.17) is 28.2 Å². The fourth-order valence-electron chi connectivity index (χ4n) is 6.36. The lowest BCUT2D eigenvalue weighted by atomic mass is 9.76.